The molecule has 2 rings (SSSR count). The molecular formula is C14H20ClFN2O2S. The van der Waals surface area contributed by atoms with Crippen LogP contribution in [0.4, 0.5) is 4.39 Å². The monoisotopic (exact) mass is 334 g/mol. The van der Waals surface area contributed by atoms with Crippen LogP contribution in [-0.4, -0.2) is 25.8 Å². The van der Waals surface area contributed by atoms with Gasteiger partial charge in [0.05, 0.1) is 0 Å². The van der Waals surface area contributed by atoms with Crippen molar-refractivity contribution in [2.24, 2.45) is 17.6 Å². The lowest BCUT2D eigenvalue weighted by atomic mass is 9.96. The molecule has 0 saturated carbocycles. The largest absolute Gasteiger partial charge is 0.326 e. The van der Waals surface area contributed by atoms with Gasteiger partial charge in [0.2, 0.25) is 10.0 Å². The number of sulfonamides is 1. The summed E-state index contributed by atoms with van der Waals surface area (Å²) < 4.78 is 40.9. The van der Waals surface area contributed by atoms with E-state index in [-0.39, 0.29) is 22.0 Å². The Bertz CT molecular complexity index is 634. The van der Waals surface area contributed by atoms with Crippen molar-refractivity contribution in [2.45, 2.75) is 31.7 Å². The minimum atomic E-state index is -3.87. The molecule has 0 radical (unpaired) electrons. The molecular weight excluding hydrogens is 315 g/mol. The van der Waals surface area contributed by atoms with Crippen LogP contribution in [0.15, 0.2) is 17.0 Å². The van der Waals surface area contributed by atoms with Crippen LogP contribution in [0.5, 0.6) is 0 Å². The third kappa shape index (κ3) is 3.23. The first-order chi connectivity index (χ1) is 9.77. The van der Waals surface area contributed by atoms with Crippen LogP contribution in [-0.2, 0) is 16.6 Å². The van der Waals surface area contributed by atoms with Gasteiger partial charge in [-0.3, -0.25) is 0 Å². The van der Waals surface area contributed by atoms with Crippen molar-refractivity contribution in [3.05, 3.63) is 28.5 Å². The molecule has 1 aliphatic rings. The van der Waals surface area contributed by atoms with Crippen molar-refractivity contribution >= 4 is 21.6 Å². The Morgan fingerprint density at radius 2 is 2.14 bits per heavy atom. The van der Waals surface area contributed by atoms with Gasteiger partial charge in [-0.05, 0) is 30.4 Å². The summed E-state index contributed by atoms with van der Waals surface area (Å²) in [5, 5.41) is 0.176. The number of hydrogen-bond donors (Lipinski definition) is 1. The van der Waals surface area contributed by atoms with Gasteiger partial charge in [0, 0.05) is 30.2 Å². The van der Waals surface area contributed by atoms with E-state index in [1.54, 1.807) is 0 Å². The zero-order chi connectivity index (χ0) is 15.8. The zero-order valence-electron chi connectivity index (χ0n) is 12.1. The molecule has 0 amide bonds. The fourth-order valence-corrected chi connectivity index (χ4v) is 4.56. The minimum absolute atomic E-state index is 0.0937. The Hall–Kier alpha value is -0.690. The third-order valence-corrected chi connectivity index (χ3v) is 6.13. The Kier molecular flexibility index (Phi) is 4.92. The highest BCUT2D eigenvalue weighted by Gasteiger charge is 2.35. The van der Waals surface area contributed by atoms with Crippen LogP contribution in [0.1, 0.15) is 25.8 Å². The molecule has 2 N–H and O–H groups in total. The SMILES string of the molecule is CC(C)C1CCN(S(=O)(=O)c2cc(Cl)cc(CN)c2F)C1. The van der Waals surface area contributed by atoms with Gasteiger partial charge in [0.15, 0.2) is 0 Å². The van der Waals surface area contributed by atoms with Crippen LogP contribution in [0.2, 0.25) is 5.02 Å². The van der Waals surface area contributed by atoms with Gasteiger partial charge in [-0.1, -0.05) is 25.4 Å². The molecule has 21 heavy (non-hydrogen) atoms. The average Bonchev–Trinajstić information content (AvgIpc) is 2.91. The smallest absolute Gasteiger partial charge is 0.246 e. The van der Waals surface area contributed by atoms with E-state index in [0.717, 1.165) is 12.5 Å². The normalized spacial score (nSPS) is 20.4. The Labute approximate surface area is 130 Å². The maximum absolute atomic E-state index is 14.3. The van der Waals surface area contributed by atoms with Crippen LogP contribution >= 0.6 is 11.6 Å². The molecule has 0 spiro atoms. The van der Waals surface area contributed by atoms with Crippen molar-refractivity contribution < 1.29 is 12.8 Å². The summed E-state index contributed by atoms with van der Waals surface area (Å²) in [4.78, 5) is -0.375. The number of nitrogens with two attached hydrogens (primary N) is 1. The molecule has 1 unspecified atom stereocenters. The van der Waals surface area contributed by atoms with Crippen molar-refractivity contribution in [3.8, 4) is 0 Å². The van der Waals surface area contributed by atoms with E-state index in [9.17, 15) is 12.8 Å². The number of nitrogens with zero attached hydrogens (tertiary/aromatic N) is 1. The van der Waals surface area contributed by atoms with E-state index in [4.69, 9.17) is 17.3 Å². The molecule has 0 aromatic heterocycles. The molecule has 1 atom stereocenters. The second-order valence-corrected chi connectivity index (χ2v) is 8.08. The number of hydrogen-bond acceptors (Lipinski definition) is 3. The lowest BCUT2D eigenvalue weighted by molar-refractivity contribution is 0.387. The molecule has 0 bridgehead atoms. The van der Waals surface area contributed by atoms with Crippen LogP contribution in [0, 0.1) is 17.7 Å². The second-order valence-electron chi connectivity index (χ2n) is 5.74. The van der Waals surface area contributed by atoms with Gasteiger partial charge >= 0.3 is 0 Å². The van der Waals surface area contributed by atoms with E-state index in [1.807, 2.05) is 0 Å². The summed E-state index contributed by atoms with van der Waals surface area (Å²) in [5.74, 6) is -0.0973. The number of halogens is 2. The van der Waals surface area contributed by atoms with Crippen molar-refractivity contribution in [2.75, 3.05) is 13.1 Å². The van der Waals surface area contributed by atoms with E-state index >= 15 is 0 Å². The Balaban J connectivity index is 2.39. The predicted molar refractivity (Wildman–Crippen MR) is 81.0 cm³/mol. The highest BCUT2D eigenvalue weighted by atomic mass is 35.5. The number of rotatable bonds is 4. The first kappa shape index (κ1) is 16.7. The summed E-state index contributed by atoms with van der Waals surface area (Å²) in [5.41, 5.74) is 5.55. The molecule has 1 aromatic carbocycles. The van der Waals surface area contributed by atoms with Crippen molar-refractivity contribution in [1.82, 2.24) is 4.31 Å². The molecule has 4 nitrogen and oxygen atoms in total. The highest BCUT2D eigenvalue weighted by molar-refractivity contribution is 7.89. The highest BCUT2D eigenvalue weighted by Crippen LogP contribution is 2.31. The quantitative estimate of drug-likeness (QED) is 0.920. The van der Waals surface area contributed by atoms with E-state index < -0.39 is 15.8 Å². The first-order valence-electron chi connectivity index (χ1n) is 6.95. The molecule has 118 valence electrons. The van der Waals surface area contributed by atoms with Crippen molar-refractivity contribution in [3.63, 3.8) is 0 Å². The maximum atomic E-state index is 14.3. The molecule has 1 heterocycles. The lowest BCUT2D eigenvalue weighted by Gasteiger charge is -2.19. The van der Waals surface area contributed by atoms with Gasteiger partial charge in [0.1, 0.15) is 10.7 Å². The molecule has 1 aliphatic heterocycles. The van der Waals surface area contributed by atoms with Gasteiger partial charge < -0.3 is 5.73 Å². The van der Waals surface area contributed by atoms with Crippen LogP contribution in [0.3, 0.4) is 0 Å². The van der Waals surface area contributed by atoms with E-state index in [0.29, 0.717) is 24.9 Å². The summed E-state index contributed by atoms with van der Waals surface area (Å²) in [6, 6.07) is 2.52. The minimum Gasteiger partial charge on any atom is -0.326 e. The van der Waals surface area contributed by atoms with Gasteiger partial charge in [-0.25, -0.2) is 12.8 Å². The average molecular weight is 335 g/mol. The fourth-order valence-electron chi connectivity index (χ4n) is 2.61. The summed E-state index contributed by atoms with van der Waals surface area (Å²) in [6.07, 6.45) is 0.794. The van der Waals surface area contributed by atoms with Gasteiger partial charge in [-0.2, -0.15) is 4.31 Å². The van der Waals surface area contributed by atoms with E-state index in [2.05, 4.69) is 13.8 Å². The predicted octanol–water partition coefficient (Wildman–Crippen LogP) is 2.60. The Morgan fingerprint density at radius 1 is 1.48 bits per heavy atom. The van der Waals surface area contributed by atoms with Crippen LogP contribution < -0.4 is 5.73 Å². The molecule has 1 saturated heterocycles. The molecule has 1 fully saturated rings. The fraction of sp³-hybridized carbons (Fsp3) is 0.571. The molecule has 7 heteroatoms. The number of benzene rings is 1. The second kappa shape index (κ2) is 6.20. The summed E-state index contributed by atoms with van der Waals surface area (Å²) in [7, 11) is -3.87. The Morgan fingerprint density at radius 3 is 2.67 bits per heavy atom. The summed E-state index contributed by atoms with van der Waals surface area (Å²) >= 11 is 5.89. The van der Waals surface area contributed by atoms with Gasteiger partial charge in [0.25, 0.3) is 0 Å². The molecule has 0 aliphatic carbocycles. The maximum Gasteiger partial charge on any atom is 0.246 e. The zero-order valence-corrected chi connectivity index (χ0v) is 13.7. The standard InChI is InChI=1S/C14H20ClFN2O2S/c1-9(2)10-3-4-18(8-10)21(19,20)13-6-12(15)5-11(7-17)14(13)16/h5-6,9-10H,3-4,7-8,17H2,1-2H3. The third-order valence-electron chi connectivity index (χ3n) is 4.05. The van der Waals surface area contributed by atoms with Crippen LogP contribution in [0.25, 0.3) is 0 Å². The van der Waals surface area contributed by atoms with Gasteiger partial charge in [-0.15, -0.1) is 0 Å². The molecule has 1 aromatic rings. The lowest BCUT2D eigenvalue weighted by Crippen LogP contribution is -2.30. The topological polar surface area (TPSA) is 63.4 Å². The van der Waals surface area contributed by atoms with E-state index in [1.165, 1.54) is 10.4 Å². The van der Waals surface area contributed by atoms with Crippen molar-refractivity contribution in [1.29, 1.82) is 0 Å². The first-order valence-corrected chi connectivity index (χ1v) is 8.77. The summed E-state index contributed by atoms with van der Waals surface area (Å²) in [6.45, 7) is 4.86.